The van der Waals surface area contributed by atoms with Gasteiger partial charge in [0.05, 0.1) is 0 Å². The van der Waals surface area contributed by atoms with Crippen LogP contribution in [0.5, 0.6) is 0 Å². The first-order chi connectivity index (χ1) is 20.9. The summed E-state index contributed by atoms with van der Waals surface area (Å²) in [7, 11) is -4.04. The van der Waals surface area contributed by atoms with E-state index >= 15 is 0 Å². The zero-order valence-electron chi connectivity index (χ0n) is 28.1. The molecular weight excluding hydrogens is 553 g/mol. The minimum Gasteiger partial charge on any atom is -0.446 e. The molecule has 0 N–H and O–H groups in total. The predicted molar refractivity (Wildman–Crippen MR) is 195 cm³/mol. The molecule has 0 amide bonds. The molecule has 1 nitrogen and oxygen atoms in total. The van der Waals surface area contributed by atoms with Crippen molar-refractivity contribution in [2.24, 2.45) is 0 Å². The van der Waals surface area contributed by atoms with Crippen molar-refractivity contribution in [1.82, 2.24) is 0 Å². The van der Waals surface area contributed by atoms with Crippen LogP contribution in [-0.2, 0) is 55.5 Å². The van der Waals surface area contributed by atoms with Gasteiger partial charge in [-0.2, -0.15) is 0 Å². The smallest absolute Gasteiger partial charge is 0.228 e. The molecule has 0 radical (unpaired) electrons. The highest BCUT2D eigenvalue weighted by Crippen LogP contribution is 2.16. The third-order valence-electron chi connectivity index (χ3n) is 9.45. The second-order valence-electron chi connectivity index (χ2n) is 11.8. The summed E-state index contributed by atoms with van der Waals surface area (Å²) in [6.07, 6.45) is 8.54. The van der Waals surface area contributed by atoms with E-state index in [2.05, 4.69) is 128 Å². The molecule has 228 valence electrons. The van der Waals surface area contributed by atoms with Gasteiger partial charge >= 0.3 is 0 Å². The fourth-order valence-electron chi connectivity index (χ4n) is 6.77. The van der Waals surface area contributed by atoms with Crippen LogP contribution in [-0.4, -0.2) is 18.1 Å². The highest BCUT2D eigenvalue weighted by atomic mass is 28.4. The summed E-state index contributed by atoms with van der Waals surface area (Å²) in [4.78, 5) is 0. The second-order valence-corrected chi connectivity index (χ2v) is 17.1. The molecule has 0 aliphatic rings. The Kier molecular flexibility index (Phi) is 12.2. The Morgan fingerprint density at radius 1 is 0.326 bits per heavy atom. The largest absolute Gasteiger partial charge is 0.446 e. The SMILES string of the molecule is CCc1ccc([SiH](O[SiH](c2ccc(CC)c(CC)c2)c2ccc(CC)c(CC)c2)c2ccc(CC)c(CC)c2)cc1CC. The minimum atomic E-state index is -2.02. The number of hydrogen-bond acceptors (Lipinski definition) is 1. The Balaban J connectivity index is 1.94. The normalized spacial score (nSPS) is 11.6. The number of benzene rings is 4. The van der Waals surface area contributed by atoms with E-state index in [4.69, 9.17) is 4.12 Å². The third kappa shape index (κ3) is 7.50. The Bertz CT molecular complexity index is 1280. The maximum atomic E-state index is 7.76. The van der Waals surface area contributed by atoms with Crippen LogP contribution in [0.25, 0.3) is 0 Å². The van der Waals surface area contributed by atoms with Gasteiger partial charge in [-0.1, -0.05) is 128 Å². The first-order valence-electron chi connectivity index (χ1n) is 17.1. The lowest BCUT2D eigenvalue weighted by Crippen LogP contribution is -2.56. The molecule has 4 aromatic carbocycles. The van der Waals surface area contributed by atoms with E-state index in [0.717, 1.165) is 51.4 Å². The van der Waals surface area contributed by atoms with Crippen LogP contribution >= 0.6 is 0 Å². The standard InChI is InChI=1S/C40H54OSi2/c1-9-29-17-21-37(25-33(29)13-5)42(38-22-18-30(10-2)34(14-6)26-38)41-43(39-23-19-31(11-3)35(15-7)27-39)40-24-20-32(12-4)36(16-8)28-40/h17-28,42-43H,9-16H2,1-8H3. The molecule has 0 aliphatic heterocycles. The first-order valence-corrected chi connectivity index (χ1v) is 20.3. The van der Waals surface area contributed by atoms with E-state index in [1.54, 1.807) is 0 Å². The zero-order chi connectivity index (χ0) is 30.9. The topological polar surface area (TPSA) is 9.23 Å². The molecule has 43 heavy (non-hydrogen) atoms. The Morgan fingerprint density at radius 3 is 0.721 bits per heavy atom. The van der Waals surface area contributed by atoms with E-state index in [1.807, 2.05) is 0 Å². The van der Waals surface area contributed by atoms with Gasteiger partial charge < -0.3 is 4.12 Å². The van der Waals surface area contributed by atoms with E-state index in [0.29, 0.717) is 0 Å². The highest BCUT2D eigenvalue weighted by Gasteiger charge is 2.28. The lowest BCUT2D eigenvalue weighted by Gasteiger charge is -2.27. The van der Waals surface area contributed by atoms with E-state index in [9.17, 15) is 0 Å². The number of aryl methyl sites for hydroxylation is 8. The van der Waals surface area contributed by atoms with Crippen molar-refractivity contribution in [2.45, 2.75) is 107 Å². The van der Waals surface area contributed by atoms with Crippen molar-refractivity contribution < 1.29 is 4.12 Å². The lowest BCUT2D eigenvalue weighted by atomic mass is 10.0. The average molecular weight is 607 g/mol. The summed E-state index contributed by atoms with van der Waals surface area (Å²) in [6, 6.07) is 29.1. The Labute approximate surface area is 266 Å². The van der Waals surface area contributed by atoms with Crippen LogP contribution < -0.4 is 20.7 Å². The molecule has 0 bridgehead atoms. The minimum absolute atomic E-state index is 1.06. The maximum Gasteiger partial charge on any atom is 0.228 e. The van der Waals surface area contributed by atoms with Gasteiger partial charge in [-0.05, 0) is 117 Å². The first kappa shape index (κ1) is 33.2. The van der Waals surface area contributed by atoms with Gasteiger partial charge in [0.25, 0.3) is 0 Å². The zero-order valence-corrected chi connectivity index (χ0v) is 30.5. The fourth-order valence-corrected chi connectivity index (χ4v) is 13.6. The second kappa shape index (κ2) is 15.8. The predicted octanol–water partition coefficient (Wildman–Crippen LogP) is 6.58. The van der Waals surface area contributed by atoms with Crippen LogP contribution in [0.1, 0.15) is 99.9 Å². The van der Waals surface area contributed by atoms with Crippen molar-refractivity contribution in [3.63, 3.8) is 0 Å². The molecule has 0 heterocycles. The maximum absolute atomic E-state index is 7.76. The van der Waals surface area contributed by atoms with Gasteiger partial charge in [-0.15, -0.1) is 0 Å². The van der Waals surface area contributed by atoms with Crippen molar-refractivity contribution >= 4 is 38.8 Å². The molecule has 0 spiro atoms. The quantitative estimate of drug-likeness (QED) is 0.147. The van der Waals surface area contributed by atoms with Crippen LogP contribution in [0.15, 0.2) is 72.8 Å². The molecule has 0 aliphatic carbocycles. The average Bonchev–Trinajstić information content (AvgIpc) is 3.07. The molecule has 0 unspecified atom stereocenters. The monoisotopic (exact) mass is 606 g/mol. The third-order valence-corrected chi connectivity index (χ3v) is 15.5. The molecule has 0 aromatic heterocycles. The summed E-state index contributed by atoms with van der Waals surface area (Å²) in [6.45, 7) is 18.3. The van der Waals surface area contributed by atoms with Gasteiger partial charge in [0.15, 0.2) is 0 Å². The van der Waals surface area contributed by atoms with E-state index < -0.39 is 18.1 Å². The summed E-state index contributed by atoms with van der Waals surface area (Å²) >= 11 is 0. The summed E-state index contributed by atoms with van der Waals surface area (Å²) < 4.78 is 7.76. The molecule has 3 heteroatoms. The molecular formula is C40H54OSi2. The molecule has 0 fully saturated rings. The highest BCUT2D eigenvalue weighted by molar-refractivity contribution is 6.91. The van der Waals surface area contributed by atoms with Crippen LogP contribution in [0.3, 0.4) is 0 Å². The van der Waals surface area contributed by atoms with Crippen molar-refractivity contribution in [1.29, 1.82) is 0 Å². The molecule has 0 atom stereocenters. The Hall–Kier alpha value is -2.73. The van der Waals surface area contributed by atoms with Gasteiger partial charge in [-0.3, -0.25) is 0 Å². The molecule has 4 aromatic rings. The molecule has 4 rings (SSSR count). The van der Waals surface area contributed by atoms with Gasteiger partial charge in [0, 0.05) is 0 Å². The molecule has 0 saturated carbocycles. The summed E-state index contributed by atoms with van der Waals surface area (Å²) in [5.74, 6) is 0. The lowest BCUT2D eigenvalue weighted by molar-refractivity contribution is 0.633. The van der Waals surface area contributed by atoms with Gasteiger partial charge in [-0.25, -0.2) is 0 Å². The van der Waals surface area contributed by atoms with Crippen LogP contribution in [0.2, 0.25) is 0 Å². The van der Waals surface area contributed by atoms with Crippen molar-refractivity contribution in [3.8, 4) is 0 Å². The molecule has 0 saturated heterocycles. The summed E-state index contributed by atoms with van der Waals surface area (Å²) in [5, 5.41) is 5.67. The van der Waals surface area contributed by atoms with Crippen LogP contribution in [0, 0.1) is 0 Å². The van der Waals surface area contributed by atoms with E-state index in [-0.39, 0.29) is 0 Å². The van der Waals surface area contributed by atoms with Gasteiger partial charge in [0.2, 0.25) is 18.1 Å². The van der Waals surface area contributed by atoms with Crippen LogP contribution in [0.4, 0.5) is 0 Å². The van der Waals surface area contributed by atoms with Gasteiger partial charge in [0.1, 0.15) is 0 Å². The number of hydrogen-bond donors (Lipinski definition) is 0. The van der Waals surface area contributed by atoms with Crippen molar-refractivity contribution in [3.05, 3.63) is 117 Å². The summed E-state index contributed by atoms with van der Waals surface area (Å²) in [5.41, 5.74) is 11.8. The number of rotatable bonds is 14. The Morgan fingerprint density at radius 2 is 0.535 bits per heavy atom. The fraction of sp³-hybridized carbons (Fsp3) is 0.400. The van der Waals surface area contributed by atoms with E-state index in [1.165, 1.54) is 65.3 Å². The van der Waals surface area contributed by atoms with Crippen molar-refractivity contribution in [2.75, 3.05) is 0 Å².